The van der Waals surface area contributed by atoms with Gasteiger partial charge in [-0.25, -0.2) is 4.98 Å². The Bertz CT molecular complexity index is 1090. The number of aromatic amines is 1. The van der Waals surface area contributed by atoms with Gasteiger partial charge >= 0.3 is 0 Å². The van der Waals surface area contributed by atoms with E-state index in [0.717, 1.165) is 61.6 Å². The molecule has 2 N–H and O–H groups in total. The second kappa shape index (κ2) is 10.5. The van der Waals surface area contributed by atoms with Crippen molar-refractivity contribution in [2.24, 2.45) is 0 Å². The highest BCUT2D eigenvalue weighted by Gasteiger charge is 2.27. The molecule has 4 aromatic rings. The lowest BCUT2D eigenvalue weighted by atomic mass is 9.91. The number of nitrogens with zero attached hydrogens (tertiary/aromatic N) is 4. The molecule has 1 aliphatic rings. The number of aryl methyl sites for hydroxylation is 1. The summed E-state index contributed by atoms with van der Waals surface area (Å²) in [6.07, 6.45) is 7.22. The number of imidazole rings is 1. The molecule has 6 nitrogen and oxygen atoms in total. The van der Waals surface area contributed by atoms with Crippen molar-refractivity contribution >= 4 is 11.0 Å². The normalized spacial score (nSPS) is 15.5. The summed E-state index contributed by atoms with van der Waals surface area (Å²) < 4.78 is 0. The third-order valence-electron chi connectivity index (χ3n) is 6.01. The first kappa shape index (κ1) is 22.1. The summed E-state index contributed by atoms with van der Waals surface area (Å²) >= 11 is 0. The summed E-state index contributed by atoms with van der Waals surface area (Å²) in [4.78, 5) is 20.0. The van der Waals surface area contributed by atoms with Crippen LogP contribution in [-0.2, 0) is 19.5 Å². The maximum absolute atomic E-state index is 4.83. The Balaban J connectivity index is 0.00000245. The Morgan fingerprint density at radius 3 is 2.75 bits per heavy atom. The van der Waals surface area contributed by atoms with Gasteiger partial charge in [0, 0.05) is 32.0 Å². The zero-order valence-corrected chi connectivity index (χ0v) is 17.7. The average molecular weight is 429 g/mol. The molecule has 5 rings (SSSR count). The van der Waals surface area contributed by atoms with Gasteiger partial charge in [0.05, 0.1) is 35.0 Å². The molecule has 1 aromatic carbocycles. The molecule has 0 radical (unpaired) electrons. The summed E-state index contributed by atoms with van der Waals surface area (Å²) in [5.74, 6) is 1.01. The minimum atomic E-state index is 0. The van der Waals surface area contributed by atoms with Crippen LogP contribution in [-0.4, -0.2) is 37.9 Å². The highest BCUT2D eigenvalue weighted by molar-refractivity contribution is 5.74. The van der Waals surface area contributed by atoms with Gasteiger partial charge < -0.3 is 10.3 Å². The first-order valence-corrected chi connectivity index (χ1v) is 11.1. The van der Waals surface area contributed by atoms with Gasteiger partial charge in [0.25, 0.3) is 0 Å². The van der Waals surface area contributed by atoms with E-state index >= 15 is 0 Å². The summed E-state index contributed by atoms with van der Waals surface area (Å²) in [7, 11) is 0. The second-order valence-corrected chi connectivity index (χ2v) is 8.12. The van der Waals surface area contributed by atoms with E-state index in [9.17, 15) is 0 Å². The van der Waals surface area contributed by atoms with Crippen LogP contribution >= 0.6 is 0 Å². The van der Waals surface area contributed by atoms with E-state index in [-0.39, 0.29) is 7.43 Å². The van der Waals surface area contributed by atoms with Gasteiger partial charge in [0.15, 0.2) is 0 Å². The van der Waals surface area contributed by atoms with E-state index in [4.69, 9.17) is 9.97 Å². The van der Waals surface area contributed by atoms with Crippen LogP contribution in [0.25, 0.3) is 11.0 Å². The summed E-state index contributed by atoms with van der Waals surface area (Å²) in [5.41, 5.74) is 5.79. The maximum Gasteiger partial charge on any atom is 0.121 e. The monoisotopic (exact) mass is 428 g/mol. The summed E-state index contributed by atoms with van der Waals surface area (Å²) in [6, 6.07) is 18.9. The molecule has 0 spiro atoms. The highest BCUT2D eigenvalue weighted by Crippen LogP contribution is 2.33. The number of hydrogen-bond donors (Lipinski definition) is 2. The van der Waals surface area contributed by atoms with E-state index in [0.29, 0.717) is 6.04 Å². The molecule has 166 valence electrons. The molecule has 0 saturated carbocycles. The van der Waals surface area contributed by atoms with E-state index in [1.807, 2.05) is 36.7 Å². The zero-order chi connectivity index (χ0) is 20.9. The molecule has 3 aromatic heterocycles. The van der Waals surface area contributed by atoms with Crippen molar-refractivity contribution in [2.45, 2.75) is 45.8 Å². The first-order valence-electron chi connectivity index (χ1n) is 11.1. The van der Waals surface area contributed by atoms with Gasteiger partial charge in [-0.3, -0.25) is 14.9 Å². The van der Waals surface area contributed by atoms with Crippen LogP contribution < -0.4 is 5.32 Å². The van der Waals surface area contributed by atoms with Crippen LogP contribution in [0.2, 0.25) is 0 Å². The number of nitrogens with one attached hydrogen (secondary N) is 2. The molecule has 0 aliphatic heterocycles. The number of hydrogen-bond acceptors (Lipinski definition) is 5. The van der Waals surface area contributed by atoms with E-state index in [2.05, 4.69) is 50.5 Å². The summed E-state index contributed by atoms with van der Waals surface area (Å²) in [5, 5.41) is 3.55. The third kappa shape index (κ3) is 5.03. The van der Waals surface area contributed by atoms with Gasteiger partial charge in [-0.2, -0.15) is 0 Å². The fraction of sp³-hybridized carbons (Fsp3) is 0.346. The molecular formula is C26H32N6. The standard InChI is InChI=1S/C25H28N6.CH4/c1-2-11-22-21(10-1)29-24(30-22)18-31(16-15-26-17-20-9-3-4-13-27-20)23-12-5-7-19-8-6-14-28-25(19)23;/h1-4,6,8-11,13-14,23,26H,5,7,12,15-18H2,(H,29,30);1H4. The van der Waals surface area contributed by atoms with Gasteiger partial charge in [0.2, 0.25) is 0 Å². The minimum absolute atomic E-state index is 0. The lowest BCUT2D eigenvalue weighted by Gasteiger charge is -2.34. The molecule has 1 unspecified atom stereocenters. The largest absolute Gasteiger partial charge is 0.341 e. The fourth-order valence-corrected chi connectivity index (χ4v) is 4.50. The predicted molar refractivity (Wildman–Crippen MR) is 129 cm³/mol. The Morgan fingerprint density at radius 1 is 1.00 bits per heavy atom. The van der Waals surface area contributed by atoms with E-state index < -0.39 is 0 Å². The van der Waals surface area contributed by atoms with Crippen molar-refractivity contribution in [3.05, 3.63) is 89.8 Å². The lowest BCUT2D eigenvalue weighted by molar-refractivity contribution is 0.163. The molecule has 3 heterocycles. The van der Waals surface area contributed by atoms with E-state index in [1.165, 1.54) is 17.7 Å². The van der Waals surface area contributed by atoms with Crippen molar-refractivity contribution < 1.29 is 0 Å². The topological polar surface area (TPSA) is 69.7 Å². The Morgan fingerprint density at radius 2 is 1.88 bits per heavy atom. The van der Waals surface area contributed by atoms with Crippen molar-refractivity contribution in [3.63, 3.8) is 0 Å². The number of rotatable bonds is 8. The molecule has 1 atom stereocenters. The van der Waals surface area contributed by atoms with Crippen LogP contribution in [0, 0.1) is 0 Å². The lowest BCUT2D eigenvalue weighted by Crippen LogP contribution is -2.37. The zero-order valence-electron chi connectivity index (χ0n) is 17.7. The maximum atomic E-state index is 4.83. The smallest absolute Gasteiger partial charge is 0.121 e. The van der Waals surface area contributed by atoms with Crippen LogP contribution in [0.3, 0.4) is 0 Å². The second-order valence-electron chi connectivity index (χ2n) is 8.12. The number of aromatic nitrogens is 4. The van der Waals surface area contributed by atoms with Crippen molar-refractivity contribution in [3.8, 4) is 0 Å². The van der Waals surface area contributed by atoms with Crippen molar-refractivity contribution in [2.75, 3.05) is 13.1 Å². The van der Waals surface area contributed by atoms with Gasteiger partial charge in [-0.15, -0.1) is 0 Å². The van der Waals surface area contributed by atoms with Crippen LogP contribution in [0.4, 0.5) is 0 Å². The number of para-hydroxylation sites is 2. The SMILES string of the molecule is C.c1ccc(CNCCN(Cc2nc3ccccc3[nH]2)C2CCCc3cccnc32)nc1. The van der Waals surface area contributed by atoms with Crippen molar-refractivity contribution in [1.29, 1.82) is 0 Å². The Kier molecular flexibility index (Phi) is 7.24. The van der Waals surface area contributed by atoms with Crippen LogP contribution in [0.5, 0.6) is 0 Å². The molecule has 0 saturated heterocycles. The third-order valence-corrected chi connectivity index (χ3v) is 6.01. The molecule has 6 heteroatoms. The van der Waals surface area contributed by atoms with Crippen molar-refractivity contribution in [1.82, 2.24) is 30.2 Å². The fourth-order valence-electron chi connectivity index (χ4n) is 4.50. The quantitative estimate of drug-likeness (QED) is 0.400. The molecule has 0 amide bonds. The Hall–Kier alpha value is -3.09. The molecule has 32 heavy (non-hydrogen) atoms. The average Bonchev–Trinajstić information content (AvgIpc) is 3.24. The van der Waals surface area contributed by atoms with Crippen LogP contribution in [0.1, 0.15) is 49.1 Å². The predicted octanol–water partition coefficient (Wildman–Crippen LogP) is 4.66. The number of H-pyrrole nitrogens is 1. The molecule has 0 bridgehead atoms. The highest BCUT2D eigenvalue weighted by atomic mass is 15.2. The number of fused-ring (bicyclic) bond motifs is 2. The van der Waals surface area contributed by atoms with E-state index in [1.54, 1.807) is 0 Å². The minimum Gasteiger partial charge on any atom is -0.341 e. The number of benzene rings is 1. The van der Waals surface area contributed by atoms with Gasteiger partial charge in [0.1, 0.15) is 5.82 Å². The summed E-state index contributed by atoms with van der Waals surface area (Å²) in [6.45, 7) is 3.36. The molecule has 1 aliphatic carbocycles. The van der Waals surface area contributed by atoms with Gasteiger partial charge in [-0.05, 0) is 55.2 Å². The van der Waals surface area contributed by atoms with Crippen LogP contribution in [0.15, 0.2) is 67.0 Å². The number of pyridine rings is 2. The first-order chi connectivity index (χ1) is 15.4. The molecule has 0 fully saturated rings. The molecular weight excluding hydrogens is 396 g/mol. The Labute approximate surface area is 190 Å². The van der Waals surface area contributed by atoms with Gasteiger partial charge in [-0.1, -0.05) is 31.7 Å².